The van der Waals surface area contributed by atoms with Crippen LogP contribution in [-0.4, -0.2) is 17.4 Å². The van der Waals surface area contributed by atoms with Gasteiger partial charge in [-0.3, -0.25) is 0 Å². The second-order valence-corrected chi connectivity index (χ2v) is 4.82. The van der Waals surface area contributed by atoms with Crippen LogP contribution in [0.1, 0.15) is 37.8 Å². The third-order valence-corrected chi connectivity index (χ3v) is 3.11. The minimum Gasteiger partial charge on any atom is -0.506 e. The number of hydrogen-bond donors (Lipinski definition) is 1. The Morgan fingerprint density at radius 1 is 1.38 bits per heavy atom. The second kappa shape index (κ2) is 6.43. The van der Waals surface area contributed by atoms with Gasteiger partial charge in [-0.15, -0.1) is 0 Å². The molecular weight excluding hydrogens is 270 g/mol. The Morgan fingerprint density at radius 3 is 2.81 bits per heavy atom. The van der Waals surface area contributed by atoms with E-state index in [0.29, 0.717) is 29.7 Å². The first-order valence-electron chi connectivity index (χ1n) is 7.04. The maximum absolute atomic E-state index is 12.2. The van der Waals surface area contributed by atoms with Crippen LogP contribution >= 0.6 is 0 Å². The van der Waals surface area contributed by atoms with Crippen LogP contribution in [0.4, 0.5) is 0 Å². The molecule has 1 aromatic carbocycles. The largest absolute Gasteiger partial charge is 0.506 e. The van der Waals surface area contributed by atoms with E-state index in [9.17, 15) is 9.90 Å². The Morgan fingerprint density at radius 2 is 2.14 bits per heavy atom. The molecule has 0 aliphatic rings. The first kappa shape index (κ1) is 15.1. The lowest BCUT2D eigenvalue weighted by Crippen LogP contribution is -2.15. The number of rotatable bonds is 5. The highest BCUT2D eigenvalue weighted by Gasteiger charge is 2.19. The predicted molar refractivity (Wildman–Crippen MR) is 82.0 cm³/mol. The highest BCUT2D eigenvalue weighted by Crippen LogP contribution is 2.28. The molecule has 0 spiro atoms. The van der Waals surface area contributed by atoms with Gasteiger partial charge in [0.2, 0.25) is 0 Å². The van der Waals surface area contributed by atoms with Crippen molar-refractivity contribution in [2.45, 2.75) is 33.6 Å². The fourth-order valence-electron chi connectivity index (χ4n) is 2.15. The van der Waals surface area contributed by atoms with E-state index in [4.69, 9.17) is 9.25 Å². The number of nitrogens with zero attached hydrogens (tertiary/aromatic N) is 1. The van der Waals surface area contributed by atoms with E-state index in [1.807, 2.05) is 19.9 Å². The van der Waals surface area contributed by atoms with Gasteiger partial charge in [0, 0.05) is 0 Å². The van der Waals surface area contributed by atoms with Gasteiger partial charge in [0.15, 0.2) is 0 Å². The Bertz CT molecular complexity index is 731. The molecule has 5 heteroatoms. The summed E-state index contributed by atoms with van der Waals surface area (Å²) in [5.41, 5.74) is 1.23. The molecule has 21 heavy (non-hydrogen) atoms. The Labute approximate surface area is 122 Å². The van der Waals surface area contributed by atoms with Crippen LogP contribution < -0.4 is 5.63 Å². The fourth-order valence-corrected chi connectivity index (χ4v) is 2.15. The topological polar surface area (TPSA) is 72.0 Å². The lowest BCUT2D eigenvalue weighted by molar-refractivity contribution is 0.158. The van der Waals surface area contributed by atoms with Gasteiger partial charge in [-0.25, -0.2) is 4.79 Å². The first-order valence-corrected chi connectivity index (χ1v) is 7.04. The van der Waals surface area contributed by atoms with Gasteiger partial charge in [-0.1, -0.05) is 30.1 Å². The summed E-state index contributed by atoms with van der Waals surface area (Å²) in [5.74, 6) is -0.100. The SMILES string of the molecule is CCC/C(=N\OCC)c1c(O)c2cc(C)ccc2oc1=O. The van der Waals surface area contributed by atoms with Crippen LogP contribution in [0.15, 0.2) is 32.6 Å². The van der Waals surface area contributed by atoms with Crippen LogP contribution in [0.5, 0.6) is 5.75 Å². The molecule has 0 saturated carbocycles. The average Bonchev–Trinajstić information content (AvgIpc) is 2.45. The highest BCUT2D eigenvalue weighted by molar-refractivity contribution is 6.05. The quantitative estimate of drug-likeness (QED) is 0.520. The third-order valence-electron chi connectivity index (χ3n) is 3.11. The zero-order chi connectivity index (χ0) is 15.4. The van der Waals surface area contributed by atoms with Crippen LogP contribution in [0.3, 0.4) is 0 Å². The molecule has 0 fully saturated rings. The van der Waals surface area contributed by atoms with Gasteiger partial charge in [0.05, 0.1) is 11.1 Å². The van der Waals surface area contributed by atoms with Crippen molar-refractivity contribution in [3.05, 3.63) is 39.7 Å². The lowest BCUT2D eigenvalue weighted by atomic mass is 10.0. The normalized spacial score (nSPS) is 11.9. The van der Waals surface area contributed by atoms with Crippen molar-refractivity contribution in [2.75, 3.05) is 6.61 Å². The number of benzene rings is 1. The summed E-state index contributed by atoms with van der Waals surface area (Å²) in [7, 11) is 0. The number of aromatic hydroxyl groups is 1. The van der Waals surface area contributed by atoms with Gasteiger partial charge in [0.1, 0.15) is 23.5 Å². The molecule has 0 radical (unpaired) electrons. The molecular formula is C16H19NO4. The van der Waals surface area contributed by atoms with Crippen molar-refractivity contribution in [2.24, 2.45) is 5.16 Å². The van der Waals surface area contributed by atoms with E-state index in [1.165, 1.54) is 0 Å². The highest BCUT2D eigenvalue weighted by atomic mass is 16.6. The summed E-state index contributed by atoms with van der Waals surface area (Å²) in [6.45, 7) is 6.07. The average molecular weight is 289 g/mol. The van der Waals surface area contributed by atoms with E-state index >= 15 is 0 Å². The van der Waals surface area contributed by atoms with E-state index in [1.54, 1.807) is 19.1 Å². The molecule has 2 aromatic rings. The molecule has 0 atom stereocenters. The Balaban J connectivity index is 2.69. The maximum atomic E-state index is 12.2. The molecule has 1 N–H and O–H groups in total. The summed E-state index contributed by atoms with van der Waals surface area (Å²) in [4.78, 5) is 17.2. The second-order valence-electron chi connectivity index (χ2n) is 4.82. The van der Waals surface area contributed by atoms with Crippen LogP contribution in [-0.2, 0) is 4.84 Å². The van der Waals surface area contributed by atoms with Gasteiger partial charge >= 0.3 is 5.63 Å². The molecule has 1 heterocycles. The van der Waals surface area contributed by atoms with Gasteiger partial charge in [-0.2, -0.15) is 0 Å². The monoisotopic (exact) mass is 289 g/mol. The number of aryl methyl sites for hydroxylation is 1. The van der Waals surface area contributed by atoms with Crippen LogP contribution in [0, 0.1) is 6.92 Å². The molecule has 0 unspecified atom stereocenters. The molecule has 112 valence electrons. The molecule has 0 aliphatic carbocycles. The van der Waals surface area contributed by atoms with Crippen molar-refractivity contribution in [3.8, 4) is 5.75 Å². The number of fused-ring (bicyclic) bond motifs is 1. The fraction of sp³-hybridized carbons (Fsp3) is 0.375. The van der Waals surface area contributed by atoms with E-state index in [2.05, 4.69) is 5.16 Å². The minimum absolute atomic E-state index is 0.0865. The van der Waals surface area contributed by atoms with Crippen LogP contribution in [0.25, 0.3) is 11.0 Å². The zero-order valence-corrected chi connectivity index (χ0v) is 12.5. The smallest absolute Gasteiger partial charge is 0.349 e. The van der Waals surface area contributed by atoms with Gasteiger partial charge in [-0.05, 0) is 32.4 Å². The van der Waals surface area contributed by atoms with Gasteiger partial charge < -0.3 is 14.4 Å². The molecule has 0 saturated heterocycles. The zero-order valence-electron chi connectivity index (χ0n) is 12.5. The van der Waals surface area contributed by atoms with Crippen molar-refractivity contribution in [1.82, 2.24) is 0 Å². The van der Waals surface area contributed by atoms with E-state index in [-0.39, 0.29) is 11.3 Å². The van der Waals surface area contributed by atoms with Crippen molar-refractivity contribution < 1.29 is 14.4 Å². The standard InChI is InChI=1S/C16H19NO4/c1-4-6-12(17-20-5-2)14-15(18)11-9-10(3)7-8-13(11)21-16(14)19/h7-9,18H,4-6H2,1-3H3/b17-12+. The number of hydrogen-bond acceptors (Lipinski definition) is 5. The Kier molecular flexibility index (Phi) is 4.62. The number of oxime groups is 1. The third kappa shape index (κ3) is 3.07. The summed E-state index contributed by atoms with van der Waals surface area (Å²) in [6.07, 6.45) is 1.30. The summed E-state index contributed by atoms with van der Waals surface area (Å²) < 4.78 is 5.28. The van der Waals surface area contributed by atoms with E-state index < -0.39 is 5.63 Å². The summed E-state index contributed by atoms with van der Waals surface area (Å²) in [5, 5.41) is 14.9. The summed E-state index contributed by atoms with van der Waals surface area (Å²) >= 11 is 0. The molecule has 1 aromatic heterocycles. The molecule has 5 nitrogen and oxygen atoms in total. The van der Waals surface area contributed by atoms with Crippen molar-refractivity contribution >= 4 is 16.7 Å². The summed E-state index contributed by atoms with van der Waals surface area (Å²) in [6, 6.07) is 5.28. The minimum atomic E-state index is -0.601. The molecule has 0 aliphatic heterocycles. The molecule has 2 rings (SSSR count). The van der Waals surface area contributed by atoms with E-state index in [0.717, 1.165) is 12.0 Å². The Hall–Kier alpha value is -2.30. The maximum Gasteiger partial charge on any atom is 0.349 e. The lowest BCUT2D eigenvalue weighted by Gasteiger charge is -2.09. The molecule has 0 bridgehead atoms. The predicted octanol–water partition coefficient (Wildman–Crippen LogP) is 3.35. The molecule has 0 amide bonds. The van der Waals surface area contributed by atoms with Gasteiger partial charge in [0.25, 0.3) is 0 Å². The van der Waals surface area contributed by atoms with Crippen molar-refractivity contribution in [3.63, 3.8) is 0 Å². The first-order chi connectivity index (χ1) is 10.1. The van der Waals surface area contributed by atoms with Crippen molar-refractivity contribution in [1.29, 1.82) is 0 Å². The van der Waals surface area contributed by atoms with Crippen LogP contribution in [0.2, 0.25) is 0 Å².